The molecule has 4 rings (SSSR count). The van der Waals surface area contributed by atoms with Crippen LogP contribution < -0.4 is 0 Å². The first-order valence-corrected chi connectivity index (χ1v) is 16.7. The second-order valence-corrected chi connectivity index (χ2v) is 11.9. The standard InChI is InChI=1S/C39H52N2O/c1-3-5-7-9-11-19-28-41(29-20-12-10-8-6-4-2)31-38(42)36-30-37(33-24-17-14-18-25-33)40-39-34(26-21-27-35(36)39)32-22-15-13-16-23-32/h13-18,21-27,30,38,42H,3-12,19-20,28-29,31H2,1-2H3. The maximum atomic E-state index is 11.9. The Kier molecular flexibility index (Phi) is 13.6. The second kappa shape index (κ2) is 17.8. The number of aromatic nitrogens is 1. The van der Waals surface area contributed by atoms with E-state index in [1.165, 1.54) is 77.0 Å². The number of nitrogens with zero attached hydrogens (tertiary/aromatic N) is 2. The molecule has 0 aliphatic carbocycles. The fraction of sp³-hybridized carbons (Fsp3) is 0.462. The summed E-state index contributed by atoms with van der Waals surface area (Å²) in [5.41, 5.74) is 6.18. The number of para-hydroxylation sites is 1. The van der Waals surface area contributed by atoms with Crippen molar-refractivity contribution in [2.45, 2.75) is 97.0 Å². The highest BCUT2D eigenvalue weighted by Gasteiger charge is 2.20. The van der Waals surface area contributed by atoms with E-state index >= 15 is 0 Å². The summed E-state index contributed by atoms with van der Waals surface area (Å²) in [6, 6.07) is 29.4. The molecule has 0 amide bonds. The Morgan fingerprint density at radius 1 is 0.619 bits per heavy atom. The van der Waals surface area contributed by atoms with Gasteiger partial charge in [0.05, 0.1) is 17.3 Å². The molecule has 3 heteroatoms. The van der Waals surface area contributed by atoms with Crippen LogP contribution in [0.25, 0.3) is 33.3 Å². The molecule has 0 saturated carbocycles. The van der Waals surface area contributed by atoms with Crippen LogP contribution in [0.15, 0.2) is 84.9 Å². The molecule has 3 nitrogen and oxygen atoms in total. The number of fused-ring (bicyclic) bond motifs is 1. The van der Waals surface area contributed by atoms with Crippen molar-refractivity contribution in [3.63, 3.8) is 0 Å². The normalized spacial score (nSPS) is 12.3. The minimum Gasteiger partial charge on any atom is -0.387 e. The maximum Gasteiger partial charge on any atom is 0.0924 e. The molecule has 1 N–H and O–H groups in total. The average Bonchev–Trinajstić information content (AvgIpc) is 3.04. The summed E-state index contributed by atoms with van der Waals surface area (Å²) in [7, 11) is 0. The Bertz CT molecular complexity index is 1290. The Hall–Kier alpha value is -3.01. The number of hydrogen-bond donors (Lipinski definition) is 1. The van der Waals surface area contributed by atoms with Crippen LogP contribution in [0.4, 0.5) is 0 Å². The van der Waals surface area contributed by atoms with Crippen molar-refractivity contribution < 1.29 is 5.11 Å². The highest BCUT2D eigenvalue weighted by molar-refractivity contribution is 5.97. The van der Waals surface area contributed by atoms with Gasteiger partial charge in [0, 0.05) is 23.1 Å². The third kappa shape index (κ3) is 9.51. The zero-order valence-electron chi connectivity index (χ0n) is 26.1. The van der Waals surface area contributed by atoms with E-state index in [0.717, 1.165) is 51.9 Å². The topological polar surface area (TPSA) is 36.4 Å². The number of benzene rings is 3. The molecular formula is C39H52N2O. The number of aliphatic hydroxyl groups excluding tert-OH is 1. The molecule has 0 spiro atoms. The zero-order valence-corrected chi connectivity index (χ0v) is 26.1. The summed E-state index contributed by atoms with van der Waals surface area (Å²) in [5.74, 6) is 0. The lowest BCUT2D eigenvalue weighted by atomic mass is 9.95. The van der Waals surface area contributed by atoms with Crippen molar-refractivity contribution in [3.05, 3.63) is 90.5 Å². The maximum absolute atomic E-state index is 11.9. The number of hydrogen-bond acceptors (Lipinski definition) is 3. The van der Waals surface area contributed by atoms with Crippen molar-refractivity contribution in [1.82, 2.24) is 9.88 Å². The van der Waals surface area contributed by atoms with Gasteiger partial charge in [-0.25, -0.2) is 4.98 Å². The van der Waals surface area contributed by atoms with Gasteiger partial charge in [-0.1, -0.05) is 157 Å². The predicted octanol–water partition coefficient (Wildman–Crippen LogP) is 10.6. The first-order chi connectivity index (χ1) is 20.7. The van der Waals surface area contributed by atoms with E-state index in [2.05, 4.69) is 97.6 Å². The van der Waals surface area contributed by atoms with Crippen LogP contribution >= 0.6 is 0 Å². The summed E-state index contributed by atoms with van der Waals surface area (Å²) in [6.45, 7) is 7.33. The van der Waals surface area contributed by atoms with Gasteiger partial charge in [-0.2, -0.15) is 0 Å². The minimum absolute atomic E-state index is 0.579. The molecule has 1 atom stereocenters. The molecule has 0 aliphatic heterocycles. The van der Waals surface area contributed by atoms with Crippen LogP contribution in [0, 0.1) is 0 Å². The number of pyridine rings is 1. The van der Waals surface area contributed by atoms with Gasteiger partial charge >= 0.3 is 0 Å². The largest absolute Gasteiger partial charge is 0.387 e. The van der Waals surface area contributed by atoms with Gasteiger partial charge in [0.1, 0.15) is 0 Å². The van der Waals surface area contributed by atoms with Gasteiger partial charge in [0.2, 0.25) is 0 Å². The Morgan fingerprint density at radius 3 is 1.76 bits per heavy atom. The molecule has 0 fully saturated rings. The average molecular weight is 565 g/mol. The molecule has 3 aromatic carbocycles. The van der Waals surface area contributed by atoms with E-state index in [9.17, 15) is 5.11 Å². The van der Waals surface area contributed by atoms with Gasteiger partial charge in [-0.15, -0.1) is 0 Å². The van der Waals surface area contributed by atoms with Crippen molar-refractivity contribution >= 4 is 10.9 Å². The van der Waals surface area contributed by atoms with Crippen LogP contribution in [0.3, 0.4) is 0 Å². The number of unbranched alkanes of at least 4 members (excludes halogenated alkanes) is 10. The number of rotatable bonds is 19. The summed E-state index contributed by atoms with van der Waals surface area (Å²) >= 11 is 0. The van der Waals surface area contributed by atoms with Crippen molar-refractivity contribution in [1.29, 1.82) is 0 Å². The first-order valence-electron chi connectivity index (χ1n) is 16.7. The fourth-order valence-electron chi connectivity index (χ4n) is 6.03. The van der Waals surface area contributed by atoms with Crippen LogP contribution in [0.5, 0.6) is 0 Å². The van der Waals surface area contributed by atoms with Crippen molar-refractivity contribution in [2.75, 3.05) is 19.6 Å². The molecule has 1 aromatic heterocycles. The van der Waals surface area contributed by atoms with E-state index in [-0.39, 0.29) is 0 Å². The predicted molar refractivity (Wildman–Crippen MR) is 181 cm³/mol. The van der Waals surface area contributed by atoms with Crippen molar-refractivity contribution in [3.8, 4) is 22.4 Å². The van der Waals surface area contributed by atoms with Crippen LogP contribution in [0.1, 0.15) is 103 Å². The molecule has 1 heterocycles. The van der Waals surface area contributed by atoms with Gasteiger partial charge in [0.15, 0.2) is 0 Å². The van der Waals surface area contributed by atoms with Gasteiger partial charge in [0.25, 0.3) is 0 Å². The monoisotopic (exact) mass is 564 g/mol. The molecule has 1 unspecified atom stereocenters. The Morgan fingerprint density at radius 2 is 1.17 bits per heavy atom. The van der Waals surface area contributed by atoms with E-state index in [1.807, 2.05) is 6.07 Å². The SMILES string of the molecule is CCCCCCCCN(CCCCCCCC)CC(O)c1cc(-c2ccccc2)nc2c(-c3ccccc3)cccc12. The zero-order chi connectivity index (χ0) is 29.4. The second-order valence-electron chi connectivity index (χ2n) is 11.9. The number of aliphatic hydroxyl groups is 1. The Labute approximate surface area is 255 Å². The summed E-state index contributed by atoms with van der Waals surface area (Å²) in [6.07, 6.45) is 14.9. The summed E-state index contributed by atoms with van der Waals surface area (Å²) in [5, 5.41) is 12.9. The Balaban J connectivity index is 1.60. The molecule has 0 aliphatic rings. The third-order valence-electron chi connectivity index (χ3n) is 8.47. The molecule has 42 heavy (non-hydrogen) atoms. The van der Waals surface area contributed by atoms with Gasteiger partial charge < -0.3 is 10.0 Å². The lowest BCUT2D eigenvalue weighted by molar-refractivity contribution is 0.111. The summed E-state index contributed by atoms with van der Waals surface area (Å²) < 4.78 is 0. The van der Waals surface area contributed by atoms with E-state index in [4.69, 9.17) is 4.98 Å². The molecule has 4 aromatic rings. The smallest absolute Gasteiger partial charge is 0.0924 e. The highest BCUT2D eigenvalue weighted by Crippen LogP contribution is 2.34. The summed E-state index contributed by atoms with van der Waals surface area (Å²) in [4.78, 5) is 7.72. The quantitative estimate of drug-likeness (QED) is 0.115. The van der Waals surface area contributed by atoms with Crippen LogP contribution in [0.2, 0.25) is 0 Å². The molecule has 224 valence electrons. The van der Waals surface area contributed by atoms with E-state index in [1.54, 1.807) is 0 Å². The third-order valence-corrected chi connectivity index (χ3v) is 8.47. The first kappa shape index (κ1) is 31.9. The van der Waals surface area contributed by atoms with E-state index < -0.39 is 6.10 Å². The molecular weight excluding hydrogens is 512 g/mol. The van der Waals surface area contributed by atoms with E-state index in [0.29, 0.717) is 6.54 Å². The van der Waals surface area contributed by atoms with Crippen LogP contribution in [-0.2, 0) is 0 Å². The lowest BCUT2D eigenvalue weighted by Gasteiger charge is -2.26. The fourth-order valence-corrected chi connectivity index (χ4v) is 6.03. The minimum atomic E-state index is -0.579. The van der Waals surface area contributed by atoms with Crippen LogP contribution in [-0.4, -0.2) is 34.6 Å². The van der Waals surface area contributed by atoms with Gasteiger partial charge in [-0.3, -0.25) is 0 Å². The van der Waals surface area contributed by atoms with Crippen molar-refractivity contribution in [2.24, 2.45) is 0 Å². The van der Waals surface area contributed by atoms with Gasteiger partial charge in [-0.05, 0) is 43.1 Å². The lowest BCUT2D eigenvalue weighted by Crippen LogP contribution is -2.31. The molecule has 0 saturated heterocycles. The highest BCUT2D eigenvalue weighted by atomic mass is 16.3. The molecule has 0 radical (unpaired) electrons. The molecule has 0 bridgehead atoms.